The van der Waals surface area contributed by atoms with E-state index in [9.17, 15) is 4.79 Å². The molecule has 0 bridgehead atoms. The summed E-state index contributed by atoms with van der Waals surface area (Å²) >= 11 is 1.77. The summed E-state index contributed by atoms with van der Waals surface area (Å²) in [6.45, 7) is 5.57. The van der Waals surface area contributed by atoms with Crippen LogP contribution in [-0.4, -0.2) is 25.5 Å². The minimum Gasteiger partial charge on any atom is -0.423 e. The van der Waals surface area contributed by atoms with Gasteiger partial charge in [0.1, 0.15) is 5.58 Å². The number of benzene rings is 1. The summed E-state index contributed by atoms with van der Waals surface area (Å²) < 4.78 is 5.37. The highest BCUT2D eigenvalue weighted by Gasteiger charge is 2.15. The van der Waals surface area contributed by atoms with Crippen molar-refractivity contribution >= 4 is 22.3 Å². The van der Waals surface area contributed by atoms with E-state index in [2.05, 4.69) is 54.8 Å². The molecule has 0 aliphatic heterocycles. The van der Waals surface area contributed by atoms with Crippen molar-refractivity contribution in [3.8, 4) is 0 Å². The molecule has 25 heavy (non-hydrogen) atoms. The van der Waals surface area contributed by atoms with Crippen molar-refractivity contribution in [2.45, 2.75) is 26.4 Å². The number of nitrogens with zero attached hydrogens (tertiary/aromatic N) is 1. The molecule has 0 aliphatic carbocycles. The maximum absolute atomic E-state index is 11.9. The Morgan fingerprint density at radius 3 is 2.64 bits per heavy atom. The monoisotopic (exact) mass is 356 g/mol. The average molecular weight is 356 g/mol. The van der Waals surface area contributed by atoms with Crippen LogP contribution in [0.3, 0.4) is 0 Å². The van der Waals surface area contributed by atoms with Crippen molar-refractivity contribution in [1.29, 1.82) is 0 Å². The number of nitrogens with one attached hydrogen (secondary N) is 1. The highest BCUT2D eigenvalue weighted by atomic mass is 32.1. The third-order valence-electron chi connectivity index (χ3n) is 4.59. The zero-order valence-electron chi connectivity index (χ0n) is 15.1. The average Bonchev–Trinajstić information content (AvgIpc) is 3.06. The van der Waals surface area contributed by atoms with Crippen LogP contribution < -0.4 is 10.9 Å². The lowest BCUT2D eigenvalue weighted by molar-refractivity contribution is 0.292. The maximum Gasteiger partial charge on any atom is 0.336 e. The third kappa shape index (κ3) is 4.00. The van der Waals surface area contributed by atoms with Gasteiger partial charge in [0.05, 0.1) is 6.04 Å². The molecule has 1 N–H and O–H groups in total. The van der Waals surface area contributed by atoms with Gasteiger partial charge in [-0.15, -0.1) is 11.3 Å². The highest BCUT2D eigenvalue weighted by Crippen LogP contribution is 2.24. The van der Waals surface area contributed by atoms with Gasteiger partial charge < -0.3 is 14.6 Å². The summed E-state index contributed by atoms with van der Waals surface area (Å²) in [5.41, 5.74) is 3.68. The highest BCUT2D eigenvalue weighted by molar-refractivity contribution is 7.10. The Kier molecular flexibility index (Phi) is 5.37. The molecular formula is C20H24N2O2S. The molecule has 2 aromatic heterocycles. The van der Waals surface area contributed by atoms with Gasteiger partial charge in [-0.05, 0) is 68.2 Å². The van der Waals surface area contributed by atoms with Gasteiger partial charge in [-0.2, -0.15) is 0 Å². The molecule has 2 heterocycles. The molecule has 3 rings (SSSR count). The standard InChI is InChI=1S/C20H24N2O2S/c1-13-8-16-15(10-20(23)24-18(16)9-14(13)2)11-21-12-17(22(3)4)19-6-5-7-25-19/h5-10,17,21H,11-12H2,1-4H3/t17-/m0/s1. The quantitative estimate of drug-likeness (QED) is 0.681. The summed E-state index contributed by atoms with van der Waals surface area (Å²) in [6.07, 6.45) is 0. The summed E-state index contributed by atoms with van der Waals surface area (Å²) in [5.74, 6) is 0. The number of hydrogen-bond donors (Lipinski definition) is 1. The minimum absolute atomic E-state index is 0.296. The third-order valence-corrected chi connectivity index (χ3v) is 5.57. The molecule has 132 valence electrons. The summed E-state index contributed by atoms with van der Waals surface area (Å²) in [6, 6.07) is 10.2. The van der Waals surface area contributed by atoms with Gasteiger partial charge in [-0.3, -0.25) is 0 Å². The van der Waals surface area contributed by atoms with E-state index >= 15 is 0 Å². The fourth-order valence-corrected chi connectivity index (χ4v) is 3.91. The number of likely N-dealkylation sites (N-methyl/N-ethyl adjacent to an activating group) is 1. The van der Waals surface area contributed by atoms with Gasteiger partial charge in [0.2, 0.25) is 0 Å². The number of hydrogen-bond acceptors (Lipinski definition) is 5. The first-order valence-electron chi connectivity index (χ1n) is 8.40. The number of thiophene rings is 1. The second kappa shape index (κ2) is 7.52. The van der Waals surface area contributed by atoms with Gasteiger partial charge >= 0.3 is 5.63 Å². The topological polar surface area (TPSA) is 45.5 Å². The summed E-state index contributed by atoms with van der Waals surface area (Å²) in [4.78, 5) is 15.4. The van der Waals surface area contributed by atoms with Crippen LogP contribution in [0.4, 0.5) is 0 Å². The molecule has 4 nitrogen and oxygen atoms in total. The van der Waals surface area contributed by atoms with E-state index in [4.69, 9.17) is 4.42 Å². The van der Waals surface area contributed by atoms with Crippen LogP contribution in [-0.2, 0) is 6.54 Å². The molecule has 0 amide bonds. The van der Waals surface area contributed by atoms with Gasteiger partial charge in [0.15, 0.2) is 0 Å². The molecular weight excluding hydrogens is 332 g/mol. The van der Waals surface area contributed by atoms with Gasteiger partial charge in [0.25, 0.3) is 0 Å². The molecule has 0 spiro atoms. The lowest BCUT2D eigenvalue weighted by Gasteiger charge is -2.23. The Morgan fingerprint density at radius 1 is 1.20 bits per heavy atom. The van der Waals surface area contributed by atoms with Crippen LogP contribution in [0, 0.1) is 13.8 Å². The molecule has 0 unspecified atom stereocenters. The van der Waals surface area contributed by atoms with Crippen molar-refractivity contribution in [3.05, 3.63) is 67.7 Å². The smallest absolute Gasteiger partial charge is 0.336 e. The Hall–Kier alpha value is -1.95. The first-order chi connectivity index (χ1) is 12.0. The summed E-state index contributed by atoms with van der Waals surface area (Å²) in [7, 11) is 4.18. The Balaban J connectivity index is 1.81. The SMILES string of the molecule is Cc1cc2oc(=O)cc(CNC[C@@H](c3cccs3)N(C)C)c2cc1C. The van der Waals surface area contributed by atoms with E-state index in [1.54, 1.807) is 17.4 Å². The Morgan fingerprint density at radius 2 is 1.96 bits per heavy atom. The Labute approximate surface area is 152 Å². The lowest BCUT2D eigenvalue weighted by atomic mass is 10.0. The van der Waals surface area contributed by atoms with E-state index in [-0.39, 0.29) is 5.63 Å². The van der Waals surface area contributed by atoms with E-state index < -0.39 is 0 Å². The molecule has 0 aliphatic rings. The van der Waals surface area contributed by atoms with Crippen LogP contribution in [0.15, 0.2) is 44.9 Å². The molecule has 1 atom stereocenters. The minimum atomic E-state index is -0.296. The first kappa shape index (κ1) is 17.9. The number of aryl methyl sites for hydroxylation is 2. The fourth-order valence-electron chi connectivity index (χ4n) is 2.99. The summed E-state index contributed by atoms with van der Waals surface area (Å²) in [5, 5.41) is 6.62. The zero-order valence-corrected chi connectivity index (χ0v) is 15.9. The van der Waals surface area contributed by atoms with E-state index in [0.29, 0.717) is 18.2 Å². The van der Waals surface area contributed by atoms with Crippen molar-refractivity contribution in [2.24, 2.45) is 0 Å². The largest absolute Gasteiger partial charge is 0.423 e. The number of rotatable bonds is 6. The fraction of sp³-hybridized carbons (Fsp3) is 0.350. The van der Waals surface area contributed by atoms with Crippen molar-refractivity contribution in [1.82, 2.24) is 10.2 Å². The van der Waals surface area contributed by atoms with Crippen LogP contribution in [0.2, 0.25) is 0 Å². The van der Waals surface area contributed by atoms with Crippen molar-refractivity contribution in [2.75, 3.05) is 20.6 Å². The van der Waals surface area contributed by atoms with Crippen LogP contribution in [0.5, 0.6) is 0 Å². The van der Waals surface area contributed by atoms with E-state index in [1.165, 1.54) is 10.4 Å². The molecule has 1 aromatic carbocycles. The van der Waals surface area contributed by atoms with Crippen molar-refractivity contribution in [3.63, 3.8) is 0 Å². The molecule has 0 saturated heterocycles. The predicted molar refractivity (Wildman–Crippen MR) is 104 cm³/mol. The molecule has 5 heteroatoms. The molecule has 3 aromatic rings. The second-order valence-electron chi connectivity index (χ2n) is 6.65. The van der Waals surface area contributed by atoms with Crippen molar-refractivity contribution < 1.29 is 4.42 Å². The van der Waals surface area contributed by atoms with Gasteiger partial charge in [-0.25, -0.2) is 4.79 Å². The van der Waals surface area contributed by atoms with Crippen LogP contribution in [0.1, 0.15) is 27.6 Å². The maximum atomic E-state index is 11.9. The van der Waals surface area contributed by atoms with E-state index in [1.807, 2.05) is 13.0 Å². The first-order valence-corrected chi connectivity index (χ1v) is 9.28. The molecule has 0 saturated carbocycles. The Bertz CT molecular complexity index is 913. The molecule has 0 fully saturated rings. The zero-order chi connectivity index (χ0) is 18.0. The number of fused-ring (bicyclic) bond motifs is 1. The van der Waals surface area contributed by atoms with Gasteiger partial charge in [0, 0.05) is 29.4 Å². The predicted octanol–water partition coefficient (Wildman–Crippen LogP) is 3.86. The van der Waals surface area contributed by atoms with Crippen LogP contribution in [0.25, 0.3) is 11.0 Å². The van der Waals surface area contributed by atoms with Gasteiger partial charge in [-0.1, -0.05) is 6.07 Å². The van der Waals surface area contributed by atoms with E-state index in [0.717, 1.165) is 23.1 Å². The lowest BCUT2D eigenvalue weighted by Crippen LogP contribution is -2.30. The second-order valence-corrected chi connectivity index (χ2v) is 7.63. The normalized spacial score (nSPS) is 12.8. The van der Waals surface area contributed by atoms with Crippen LogP contribution >= 0.6 is 11.3 Å². The molecule has 0 radical (unpaired) electrons.